The molecule has 0 saturated heterocycles. The van der Waals surface area contributed by atoms with Crippen molar-refractivity contribution < 1.29 is 31.5 Å². The number of methoxy groups -OCH3 is 1. The lowest BCUT2D eigenvalue weighted by Crippen LogP contribution is -2.31. The average molecular weight is 454 g/mol. The first kappa shape index (κ1) is 24.3. The molecule has 0 fully saturated rings. The maximum Gasteiger partial charge on any atom is 0.387 e. The van der Waals surface area contributed by atoms with Gasteiger partial charge >= 0.3 is 6.61 Å². The van der Waals surface area contributed by atoms with Crippen LogP contribution in [-0.2, 0) is 21.4 Å². The lowest BCUT2D eigenvalue weighted by molar-refractivity contribution is -0.130. The van der Waals surface area contributed by atoms with Gasteiger partial charge in [0.1, 0.15) is 0 Å². The molecule has 31 heavy (non-hydrogen) atoms. The summed E-state index contributed by atoms with van der Waals surface area (Å²) in [6, 6.07) is 13.3. The van der Waals surface area contributed by atoms with Crippen LogP contribution in [-0.4, -0.2) is 46.5 Å². The van der Waals surface area contributed by atoms with Crippen molar-refractivity contribution in [1.82, 2.24) is 9.62 Å². The van der Waals surface area contributed by atoms with E-state index in [1.54, 1.807) is 37.4 Å². The third-order valence-corrected chi connectivity index (χ3v) is 5.27. The van der Waals surface area contributed by atoms with Crippen LogP contribution in [0.3, 0.4) is 0 Å². The van der Waals surface area contributed by atoms with E-state index >= 15 is 0 Å². The number of carbonyl (C=O) groups excluding carboxylic acids is 1. The van der Waals surface area contributed by atoms with E-state index in [2.05, 4.69) is 9.46 Å². The summed E-state index contributed by atoms with van der Waals surface area (Å²) >= 11 is 0. The quantitative estimate of drug-likeness (QED) is 0.564. The van der Waals surface area contributed by atoms with Gasteiger partial charge in [0.2, 0.25) is 15.9 Å². The summed E-state index contributed by atoms with van der Waals surface area (Å²) in [5, 5.41) is 1.05. The second-order valence-electron chi connectivity index (χ2n) is 6.52. The van der Waals surface area contributed by atoms with Gasteiger partial charge in [-0.3, -0.25) is 4.79 Å². The van der Waals surface area contributed by atoms with Gasteiger partial charge in [0.05, 0.1) is 7.11 Å². The van der Waals surface area contributed by atoms with Crippen LogP contribution in [0.25, 0.3) is 6.08 Å². The third-order valence-electron chi connectivity index (χ3n) is 4.17. The van der Waals surface area contributed by atoms with Gasteiger partial charge in [-0.1, -0.05) is 36.4 Å². The smallest absolute Gasteiger partial charge is 0.387 e. The number of nitrogens with one attached hydrogen (secondary N) is 1. The molecule has 1 N–H and O–H groups in total. The minimum atomic E-state index is -3.68. The first-order valence-corrected chi connectivity index (χ1v) is 10.8. The molecule has 0 bridgehead atoms. The highest BCUT2D eigenvalue weighted by atomic mass is 32.2. The van der Waals surface area contributed by atoms with Gasteiger partial charge in [-0.05, 0) is 29.3 Å². The normalized spacial score (nSPS) is 11.6. The van der Waals surface area contributed by atoms with E-state index in [9.17, 15) is 22.0 Å². The molecule has 2 aromatic rings. The SMILES string of the molecule is COc1cc(CN(C)C(=O)CCNS(=O)(=O)/C=C/c2ccccc2)ccc1OC(F)F. The highest BCUT2D eigenvalue weighted by molar-refractivity contribution is 7.92. The zero-order valence-electron chi connectivity index (χ0n) is 17.1. The number of alkyl halides is 2. The third kappa shape index (κ3) is 8.35. The molecule has 0 atom stereocenters. The van der Waals surface area contributed by atoms with Crippen molar-refractivity contribution in [3.63, 3.8) is 0 Å². The summed E-state index contributed by atoms with van der Waals surface area (Å²) in [5.41, 5.74) is 1.38. The van der Waals surface area contributed by atoms with E-state index in [-0.39, 0.29) is 36.9 Å². The Morgan fingerprint density at radius 3 is 2.52 bits per heavy atom. The largest absolute Gasteiger partial charge is 0.493 e. The van der Waals surface area contributed by atoms with E-state index in [1.807, 2.05) is 6.07 Å². The standard InChI is InChI=1S/C21H24F2N2O5S/c1-25(15-17-8-9-18(30-21(22)23)19(14-17)29-2)20(26)10-12-24-31(27,28)13-11-16-6-4-3-5-7-16/h3-9,11,13-14,21,24H,10,12,15H2,1-2H3/b13-11+. The fraction of sp³-hybridized carbons (Fsp3) is 0.286. The summed E-state index contributed by atoms with van der Waals surface area (Å²) in [5.74, 6) is -0.272. The molecule has 2 rings (SSSR count). The topological polar surface area (TPSA) is 84.9 Å². The highest BCUT2D eigenvalue weighted by Crippen LogP contribution is 2.29. The van der Waals surface area contributed by atoms with Crippen molar-refractivity contribution in [2.24, 2.45) is 0 Å². The first-order valence-electron chi connectivity index (χ1n) is 9.28. The molecular formula is C21H24F2N2O5S. The second-order valence-corrected chi connectivity index (χ2v) is 8.17. The fourth-order valence-corrected chi connectivity index (χ4v) is 3.46. The number of sulfonamides is 1. The van der Waals surface area contributed by atoms with E-state index in [4.69, 9.17) is 4.74 Å². The zero-order valence-corrected chi connectivity index (χ0v) is 17.9. The Labute approximate surface area is 180 Å². The number of amides is 1. The molecule has 0 unspecified atom stereocenters. The molecule has 0 aromatic heterocycles. The number of rotatable bonds is 11. The summed E-state index contributed by atoms with van der Waals surface area (Å²) in [7, 11) is -0.795. The molecule has 0 radical (unpaired) electrons. The second kappa shape index (κ2) is 11.4. The van der Waals surface area contributed by atoms with Gasteiger partial charge in [-0.2, -0.15) is 8.78 Å². The molecular weight excluding hydrogens is 430 g/mol. The van der Waals surface area contributed by atoms with Crippen LogP contribution < -0.4 is 14.2 Å². The Kier molecular flexibility index (Phi) is 8.95. The summed E-state index contributed by atoms with van der Waals surface area (Å²) in [6.07, 6.45) is 1.42. The maximum atomic E-state index is 12.4. The monoisotopic (exact) mass is 454 g/mol. The van der Waals surface area contributed by atoms with Crippen LogP contribution in [0, 0.1) is 0 Å². The van der Waals surface area contributed by atoms with Crippen LogP contribution >= 0.6 is 0 Å². The number of hydrogen-bond donors (Lipinski definition) is 1. The van der Waals surface area contributed by atoms with E-state index in [1.165, 1.54) is 30.2 Å². The Morgan fingerprint density at radius 2 is 1.87 bits per heavy atom. The number of hydrogen-bond acceptors (Lipinski definition) is 5. The fourth-order valence-electron chi connectivity index (χ4n) is 2.64. The number of nitrogens with zero attached hydrogens (tertiary/aromatic N) is 1. The lowest BCUT2D eigenvalue weighted by atomic mass is 10.2. The summed E-state index contributed by atoms with van der Waals surface area (Å²) in [6.45, 7) is -2.85. The summed E-state index contributed by atoms with van der Waals surface area (Å²) in [4.78, 5) is 13.7. The predicted octanol–water partition coefficient (Wildman–Crippen LogP) is 3.24. The molecule has 2 aromatic carbocycles. The van der Waals surface area contributed by atoms with Gasteiger partial charge in [-0.15, -0.1) is 0 Å². The number of halogens is 2. The number of ether oxygens (including phenoxy) is 2. The molecule has 0 aliphatic rings. The van der Waals surface area contributed by atoms with E-state index in [0.717, 1.165) is 11.0 Å². The van der Waals surface area contributed by atoms with Gasteiger partial charge in [0, 0.05) is 32.0 Å². The van der Waals surface area contributed by atoms with Gasteiger partial charge < -0.3 is 14.4 Å². The van der Waals surface area contributed by atoms with Gasteiger partial charge in [-0.25, -0.2) is 13.1 Å². The van der Waals surface area contributed by atoms with Gasteiger partial charge in [0.15, 0.2) is 11.5 Å². The molecule has 0 saturated carbocycles. The van der Waals surface area contributed by atoms with Gasteiger partial charge in [0.25, 0.3) is 0 Å². The molecule has 0 spiro atoms. The molecule has 0 heterocycles. The Balaban J connectivity index is 1.86. The van der Waals surface area contributed by atoms with Crippen LogP contribution in [0.2, 0.25) is 0 Å². The van der Waals surface area contributed by atoms with E-state index in [0.29, 0.717) is 5.56 Å². The Morgan fingerprint density at radius 1 is 1.16 bits per heavy atom. The predicted molar refractivity (Wildman–Crippen MR) is 113 cm³/mol. The molecule has 1 amide bonds. The van der Waals surface area contributed by atoms with Crippen LogP contribution in [0.1, 0.15) is 17.5 Å². The molecule has 168 valence electrons. The molecule has 7 nitrogen and oxygen atoms in total. The molecule has 0 aliphatic heterocycles. The van der Waals surface area contributed by atoms with Crippen LogP contribution in [0.5, 0.6) is 11.5 Å². The van der Waals surface area contributed by atoms with Crippen molar-refractivity contribution >= 4 is 22.0 Å². The highest BCUT2D eigenvalue weighted by Gasteiger charge is 2.14. The Hall–Kier alpha value is -2.98. The van der Waals surface area contributed by atoms with Crippen molar-refractivity contribution in [1.29, 1.82) is 0 Å². The summed E-state index contributed by atoms with van der Waals surface area (Å²) < 4.78 is 60.6. The van der Waals surface area contributed by atoms with Crippen molar-refractivity contribution in [2.45, 2.75) is 19.6 Å². The Bertz CT molecular complexity index is 998. The minimum Gasteiger partial charge on any atom is -0.493 e. The number of carbonyl (C=O) groups is 1. The van der Waals surface area contributed by atoms with E-state index < -0.39 is 16.6 Å². The first-order chi connectivity index (χ1) is 14.7. The number of benzene rings is 2. The van der Waals surface area contributed by atoms with Crippen molar-refractivity contribution in [2.75, 3.05) is 20.7 Å². The maximum absolute atomic E-state index is 12.4. The lowest BCUT2D eigenvalue weighted by Gasteiger charge is -2.18. The zero-order chi connectivity index (χ0) is 22.9. The van der Waals surface area contributed by atoms with Crippen molar-refractivity contribution in [3.05, 3.63) is 65.1 Å². The molecule has 0 aliphatic carbocycles. The molecule has 10 heteroatoms. The average Bonchev–Trinajstić information content (AvgIpc) is 2.73. The van der Waals surface area contributed by atoms with Crippen molar-refractivity contribution in [3.8, 4) is 11.5 Å². The minimum absolute atomic E-state index is 0.0430. The van der Waals surface area contributed by atoms with Crippen LogP contribution in [0.15, 0.2) is 53.9 Å². The van der Waals surface area contributed by atoms with Crippen LogP contribution in [0.4, 0.5) is 8.78 Å².